The van der Waals surface area contributed by atoms with Crippen molar-refractivity contribution >= 4 is 5.69 Å². The Labute approximate surface area is 169 Å². The average Bonchev–Trinajstić information content (AvgIpc) is 2.67. The molecule has 0 amide bonds. The van der Waals surface area contributed by atoms with Crippen LogP contribution in [-0.2, 0) is 4.84 Å². The zero-order valence-corrected chi connectivity index (χ0v) is 17.1. The van der Waals surface area contributed by atoms with Crippen LogP contribution in [0.1, 0.15) is 70.6 Å². The van der Waals surface area contributed by atoms with Crippen LogP contribution in [-0.4, -0.2) is 6.10 Å². The van der Waals surface area contributed by atoms with Crippen molar-refractivity contribution in [1.29, 1.82) is 0 Å². The monoisotopic (exact) mass is 377 g/mol. The highest BCUT2D eigenvalue weighted by Gasteiger charge is 2.66. The minimum atomic E-state index is 0.443. The fraction of sp³-hybridized carbons (Fsp3) is 0.769. The molecule has 0 aliphatic heterocycles. The maximum Gasteiger partial charge on any atom is 0.0910 e. The van der Waals surface area contributed by atoms with Gasteiger partial charge in [0.15, 0.2) is 0 Å². The molecule has 0 heterocycles. The SMILES string of the molecule is c1ccc(NOC2C3CC4CC2CC(C25CC6CC(CC(C6)C2)C5)(C4)C3)cc1. The molecule has 0 radical (unpaired) electrons. The van der Waals surface area contributed by atoms with Crippen LogP contribution >= 0.6 is 0 Å². The summed E-state index contributed by atoms with van der Waals surface area (Å²) in [7, 11) is 0. The molecule has 0 spiro atoms. The highest BCUT2D eigenvalue weighted by molar-refractivity contribution is 5.40. The van der Waals surface area contributed by atoms with E-state index in [1.54, 1.807) is 44.9 Å². The second-order valence-corrected chi connectivity index (χ2v) is 12.0. The topological polar surface area (TPSA) is 21.3 Å². The number of rotatable bonds is 4. The van der Waals surface area contributed by atoms with Crippen LogP contribution in [0.15, 0.2) is 30.3 Å². The first-order chi connectivity index (χ1) is 13.7. The zero-order valence-electron chi connectivity index (χ0n) is 17.1. The van der Waals surface area contributed by atoms with Gasteiger partial charge in [0.05, 0.1) is 11.8 Å². The molecule has 0 aromatic heterocycles. The van der Waals surface area contributed by atoms with Gasteiger partial charge in [-0.2, -0.15) is 0 Å². The third kappa shape index (κ3) is 2.30. The Morgan fingerprint density at radius 1 is 0.643 bits per heavy atom. The minimum Gasteiger partial charge on any atom is -0.272 e. The Balaban J connectivity index is 1.15. The Hall–Kier alpha value is -1.02. The van der Waals surface area contributed by atoms with E-state index in [1.807, 2.05) is 0 Å². The predicted molar refractivity (Wildman–Crippen MR) is 112 cm³/mol. The summed E-state index contributed by atoms with van der Waals surface area (Å²) in [6.07, 6.45) is 17.4. The molecule has 2 nitrogen and oxygen atoms in total. The summed E-state index contributed by atoms with van der Waals surface area (Å²) in [5, 5.41) is 0. The fourth-order valence-corrected chi connectivity index (χ4v) is 10.2. The molecule has 8 aliphatic rings. The van der Waals surface area contributed by atoms with Crippen molar-refractivity contribution in [1.82, 2.24) is 0 Å². The first kappa shape index (κ1) is 16.7. The molecule has 1 aromatic carbocycles. The molecule has 150 valence electrons. The smallest absolute Gasteiger partial charge is 0.0910 e. The second kappa shape index (κ2) is 5.78. The van der Waals surface area contributed by atoms with E-state index in [-0.39, 0.29) is 0 Å². The van der Waals surface area contributed by atoms with E-state index in [0.717, 1.165) is 46.6 Å². The van der Waals surface area contributed by atoms with E-state index in [4.69, 9.17) is 4.84 Å². The largest absolute Gasteiger partial charge is 0.272 e. The van der Waals surface area contributed by atoms with E-state index in [2.05, 4.69) is 35.8 Å². The molecule has 8 saturated carbocycles. The summed E-state index contributed by atoms with van der Waals surface area (Å²) in [4.78, 5) is 6.42. The molecule has 9 rings (SSSR count). The molecule has 8 fully saturated rings. The predicted octanol–water partition coefficient (Wildman–Crippen LogP) is 6.44. The lowest BCUT2D eigenvalue weighted by atomic mass is 9.35. The molecule has 1 N–H and O–H groups in total. The lowest BCUT2D eigenvalue weighted by Gasteiger charge is -2.71. The molecule has 0 saturated heterocycles. The Bertz CT molecular complexity index is 706. The molecule has 2 heteroatoms. The average molecular weight is 378 g/mol. The van der Waals surface area contributed by atoms with Gasteiger partial charge in [0.25, 0.3) is 0 Å². The fourth-order valence-electron chi connectivity index (χ4n) is 10.2. The second-order valence-electron chi connectivity index (χ2n) is 12.0. The van der Waals surface area contributed by atoms with Crippen LogP contribution in [0.2, 0.25) is 0 Å². The third-order valence-corrected chi connectivity index (χ3v) is 10.4. The van der Waals surface area contributed by atoms with Crippen LogP contribution < -0.4 is 5.48 Å². The van der Waals surface area contributed by atoms with Crippen molar-refractivity contribution in [2.45, 2.75) is 76.7 Å². The van der Waals surface area contributed by atoms with E-state index < -0.39 is 0 Å². The van der Waals surface area contributed by atoms with Gasteiger partial charge in [0, 0.05) is 0 Å². The third-order valence-electron chi connectivity index (χ3n) is 10.4. The van der Waals surface area contributed by atoms with Crippen LogP contribution in [0.25, 0.3) is 0 Å². The molecular weight excluding hydrogens is 342 g/mol. The number of hydrogen-bond donors (Lipinski definition) is 1. The van der Waals surface area contributed by atoms with Crippen molar-refractivity contribution in [3.8, 4) is 0 Å². The Morgan fingerprint density at radius 3 is 1.71 bits per heavy atom. The molecule has 28 heavy (non-hydrogen) atoms. The molecule has 8 bridgehead atoms. The Morgan fingerprint density at radius 2 is 1.14 bits per heavy atom. The van der Waals surface area contributed by atoms with Crippen LogP contribution in [0.4, 0.5) is 5.69 Å². The molecular formula is C26H35NO. The highest BCUT2D eigenvalue weighted by atomic mass is 16.7. The van der Waals surface area contributed by atoms with Gasteiger partial charge in [-0.3, -0.25) is 10.3 Å². The first-order valence-corrected chi connectivity index (χ1v) is 12.2. The Kier molecular flexibility index (Phi) is 3.45. The standard InChI is InChI=1S/C26H35NO/c1-2-4-23(5-3-1)27-28-24-21-9-20-10-22(24)16-26(14-20,15-21)25-11-17-6-18(12-25)8-19(7-17)13-25/h1-5,17-22,24,27H,6-16H2. The lowest BCUT2D eigenvalue weighted by Crippen LogP contribution is -2.63. The van der Waals surface area contributed by atoms with E-state index in [1.165, 1.54) is 25.7 Å². The van der Waals surface area contributed by atoms with Gasteiger partial charge in [-0.1, -0.05) is 18.2 Å². The van der Waals surface area contributed by atoms with Crippen LogP contribution in [0.5, 0.6) is 0 Å². The van der Waals surface area contributed by atoms with Crippen molar-refractivity contribution < 1.29 is 4.84 Å². The lowest BCUT2D eigenvalue weighted by molar-refractivity contribution is -0.229. The molecule has 1 aromatic rings. The van der Waals surface area contributed by atoms with Crippen LogP contribution in [0.3, 0.4) is 0 Å². The van der Waals surface area contributed by atoms with Crippen molar-refractivity contribution in [2.75, 3.05) is 5.48 Å². The number of hydrogen-bond acceptors (Lipinski definition) is 2. The highest BCUT2D eigenvalue weighted by Crippen LogP contribution is 2.75. The maximum atomic E-state index is 6.42. The van der Waals surface area contributed by atoms with Gasteiger partial charge in [0.2, 0.25) is 0 Å². The summed E-state index contributed by atoms with van der Waals surface area (Å²) >= 11 is 0. The summed E-state index contributed by atoms with van der Waals surface area (Å²) < 4.78 is 0. The number of nitrogens with one attached hydrogen (secondary N) is 1. The first-order valence-electron chi connectivity index (χ1n) is 12.2. The van der Waals surface area contributed by atoms with Gasteiger partial charge in [-0.15, -0.1) is 0 Å². The minimum absolute atomic E-state index is 0.443. The van der Waals surface area contributed by atoms with Crippen molar-refractivity contribution in [2.24, 2.45) is 46.3 Å². The summed E-state index contributed by atoms with van der Waals surface area (Å²) in [5.41, 5.74) is 5.84. The summed E-state index contributed by atoms with van der Waals surface area (Å²) in [5.74, 6) is 5.87. The van der Waals surface area contributed by atoms with Crippen molar-refractivity contribution in [3.05, 3.63) is 30.3 Å². The van der Waals surface area contributed by atoms with Gasteiger partial charge < -0.3 is 0 Å². The number of para-hydroxylation sites is 1. The van der Waals surface area contributed by atoms with Gasteiger partial charge in [-0.05, 0) is 129 Å². The maximum absolute atomic E-state index is 6.42. The van der Waals surface area contributed by atoms with Gasteiger partial charge in [-0.25, -0.2) is 0 Å². The number of anilines is 1. The van der Waals surface area contributed by atoms with E-state index in [9.17, 15) is 0 Å². The van der Waals surface area contributed by atoms with E-state index >= 15 is 0 Å². The number of benzene rings is 1. The van der Waals surface area contributed by atoms with Crippen molar-refractivity contribution in [3.63, 3.8) is 0 Å². The molecule has 2 unspecified atom stereocenters. The molecule has 2 atom stereocenters. The van der Waals surface area contributed by atoms with E-state index in [0.29, 0.717) is 11.5 Å². The van der Waals surface area contributed by atoms with Crippen LogP contribution in [0, 0.1) is 46.3 Å². The molecule has 8 aliphatic carbocycles. The van der Waals surface area contributed by atoms with Gasteiger partial charge in [0.1, 0.15) is 0 Å². The van der Waals surface area contributed by atoms with Gasteiger partial charge >= 0.3 is 0 Å². The summed E-state index contributed by atoms with van der Waals surface area (Å²) in [6.45, 7) is 0. The zero-order chi connectivity index (χ0) is 18.3. The quantitative estimate of drug-likeness (QED) is 0.610. The summed E-state index contributed by atoms with van der Waals surface area (Å²) in [6, 6.07) is 10.5. The normalized spacial score (nSPS) is 52.9.